The van der Waals surface area contributed by atoms with Gasteiger partial charge in [0.05, 0.1) is 10.0 Å². The number of hydrogen-bond donors (Lipinski definition) is 0. The number of oxazole rings is 1. The minimum Gasteiger partial charge on any atom is -0.435 e. The number of fused-ring (bicyclic) bond motifs is 1. The van der Waals surface area contributed by atoms with Crippen molar-refractivity contribution in [3.05, 3.63) is 49.3 Å². The van der Waals surface area contributed by atoms with Crippen molar-refractivity contribution in [1.29, 1.82) is 0 Å². The van der Waals surface area contributed by atoms with E-state index in [1.165, 1.54) is 5.56 Å². The molecule has 2 nitrogen and oxygen atoms in total. The Balaban J connectivity index is 2.20. The number of benzene rings is 2. The number of rotatable bonds is 2. The molecule has 0 atom stereocenters. The van der Waals surface area contributed by atoms with Crippen LogP contribution in [-0.2, 0) is 6.42 Å². The summed E-state index contributed by atoms with van der Waals surface area (Å²) in [6, 6.07) is 10.1. The van der Waals surface area contributed by atoms with Crippen LogP contribution in [0, 0.1) is 0 Å². The Bertz CT molecular complexity index is 795. The van der Waals surface area contributed by atoms with E-state index in [1.54, 1.807) is 0 Å². The van der Waals surface area contributed by atoms with Crippen molar-refractivity contribution in [3.8, 4) is 11.5 Å². The summed E-state index contributed by atoms with van der Waals surface area (Å²) in [6.45, 7) is 2.12. The fourth-order valence-corrected chi connectivity index (χ4v) is 3.82. The van der Waals surface area contributed by atoms with Crippen LogP contribution in [-0.4, -0.2) is 4.98 Å². The molecule has 20 heavy (non-hydrogen) atoms. The van der Waals surface area contributed by atoms with Crippen molar-refractivity contribution >= 4 is 58.9 Å². The zero-order valence-electron chi connectivity index (χ0n) is 10.6. The van der Waals surface area contributed by atoms with Crippen LogP contribution in [0.15, 0.2) is 48.2 Å². The van der Waals surface area contributed by atoms with Gasteiger partial charge in [0.15, 0.2) is 5.58 Å². The van der Waals surface area contributed by atoms with Crippen LogP contribution < -0.4 is 0 Å². The number of hydrogen-bond acceptors (Lipinski definition) is 2. The average molecular weight is 460 g/mol. The van der Waals surface area contributed by atoms with Crippen molar-refractivity contribution in [2.24, 2.45) is 0 Å². The lowest BCUT2D eigenvalue weighted by molar-refractivity contribution is 0.617. The summed E-state index contributed by atoms with van der Waals surface area (Å²) in [5.74, 6) is 0.619. The van der Waals surface area contributed by atoms with Gasteiger partial charge in [0, 0.05) is 8.95 Å². The van der Waals surface area contributed by atoms with Gasteiger partial charge in [-0.3, -0.25) is 0 Å². The van der Waals surface area contributed by atoms with Crippen LogP contribution in [0.3, 0.4) is 0 Å². The molecule has 1 heterocycles. The molecule has 0 fully saturated rings. The fourth-order valence-electron chi connectivity index (χ4n) is 2.03. The van der Waals surface area contributed by atoms with E-state index in [9.17, 15) is 0 Å². The number of nitrogens with zero attached hydrogens (tertiary/aromatic N) is 1. The molecule has 3 rings (SSSR count). The van der Waals surface area contributed by atoms with Crippen molar-refractivity contribution in [2.75, 3.05) is 0 Å². The Hall–Kier alpha value is -0.650. The minimum atomic E-state index is 0.619. The third-order valence-electron chi connectivity index (χ3n) is 3.07. The van der Waals surface area contributed by atoms with Gasteiger partial charge in [-0.1, -0.05) is 22.9 Å². The lowest BCUT2D eigenvalue weighted by Crippen LogP contribution is -1.81. The van der Waals surface area contributed by atoms with Gasteiger partial charge in [-0.2, -0.15) is 0 Å². The molecule has 0 aliphatic heterocycles. The standard InChI is InChI=1S/C15H10Br3NO/c1-2-8-5-12(18)14-13(6-8)19-15(20-14)10-4-3-9(16)7-11(10)17/h3-7H,2H2,1H3. The molecule has 0 amide bonds. The Kier molecular flexibility index (Phi) is 4.02. The lowest BCUT2D eigenvalue weighted by Gasteiger charge is -1.99. The van der Waals surface area contributed by atoms with Crippen molar-refractivity contribution in [1.82, 2.24) is 4.98 Å². The van der Waals surface area contributed by atoms with Crippen LogP contribution in [0.25, 0.3) is 22.6 Å². The molecule has 0 saturated carbocycles. The first-order valence-corrected chi connectivity index (χ1v) is 8.50. The summed E-state index contributed by atoms with van der Waals surface area (Å²) < 4.78 is 8.81. The predicted octanol–water partition coefficient (Wildman–Crippen LogP) is 6.34. The number of halogens is 3. The number of aromatic nitrogens is 1. The Morgan fingerprint density at radius 2 is 1.85 bits per heavy atom. The zero-order chi connectivity index (χ0) is 14.3. The van der Waals surface area contributed by atoms with Crippen LogP contribution in [0.1, 0.15) is 12.5 Å². The largest absolute Gasteiger partial charge is 0.435 e. The maximum Gasteiger partial charge on any atom is 0.228 e. The molecule has 0 unspecified atom stereocenters. The van der Waals surface area contributed by atoms with E-state index in [0.717, 1.165) is 36.5 Å². The first-order valence-electron chi connectivity index (χ1n) is 6.13. The molecule has 0 saturated heterocycles. The molecule has 0 bridgehead atoms. The lowest BCUT2D eigenvalue weighted by atomic mass is 10.1. The summed E-state index contributed by atoms with van der Waals surface area (Å²) in [5.41, 5.74) is 3.83. The maximum absolute atomic E-state index is 5.90. The fraction of sp³-hybridized carbons (Fsp3) is 0.133. The monoisotopic (exact) mass is 457 g/mol. The van der Waals surface area contributed by atoms with E-state index in [-0.39, 0.29) is 0 Å². The topological polar surface area (TPSA) is 26.0 Å². The van der Waals surface area contributed by atoms with Crippen LogP contribution in [0.5, 0.6) is 0 Å². The smallest absolute Gasteiger partial charge is 0.228 e. The van der Waals surface area contributed by atoms with Gasteiger partial charge in [-0.05, 0) is 74.2 Å². The first-order chi connectivity index (χ1) is 9.58. The molecule has 5 heteroatoms. The van der Waals surface area contributed by atoms with Gasteiger partial charge in [0.25, 0.3) is 0 Å². The van der Waals surface area contributed by atoms with Crippen LogP contribution >= 0.6 is 47.8 Å². The highest BCUT2D eigenvalue weighted by Gasteiger charge is 2.14. The first kappa shape index (κ1) is 14.3. The van der Waals surface area contributed by atoms with Crippen molar-refractivity contribution in [2.45, 2.75) is 13.3 Å². The van der Waals surface area contributed by atoms with E-state index in [0.29, 0.717) is 5.89 Å². The molecular weight excluding hydrogens is 450 g/mol. The van der Waals surface area contributed by atoms with Gasteiger partial charge < -0.3 is 4.42 Å². The molecule has 0 aliphatic carbocycles. The second-order valence-electron chi connectivity index (χ2n) is 4.42. The van der Waals surface area contributed by atoms with Crippen molar-refractivity contribution < 1.29 is 4.42 Å². The van der Waals surface area contributed by atoms with Crippen molar-refractivity contribution in [3.63, 3.8) is 0 Å². The highest BCUT2D eigenvalue weighted by atomic mass is 79.9. The molecule has 1 aromatic heterocycles. The highest BCUT2D eigenvalue weighted by molar-refractivity contribution is 9.11. The van der Waals surface area contributed by atoms with Gasteiger partial charge in [0.2, 0.25) is 5.89 Å². The summed E-state index contributed by atoms with van der Waals surface area (Å²) in [6.07, 6.45) is 0.971. The summed E-state index contributed by atoms with van der Waals surface area (Å²) in [5, 5.41) is 0. The minimum absolute atomic E-state index is 0.619. The molecule has 0 aliphatic rings. The van der Waals surface area contributed by atoms with E-state index >= 15 is 0 Å². The second-order valence-corrected chi connectivity index (χ2v) is 7.05. The quantitative estimate of drug-likeness (QED) is 0.446. The van der Waals surface area contributed by atoms with E-state index in [1.807, 2.05) is 18.2 Å². The summed E-state index contributed by atoms with van der Waals surface area (Å²) >= 11 is 10.5. The van der Waals surface area contributed by atoms with Gasteiger partial charge in [0.1, 0.15) is 5.52 Å². The zero-order valence-corrected chi connectivity index (χ0v) is 15.3. The maximum atomic E-state index is 5.90. The second kappa shape index (κ2) is 5.62. The van der Waals surface area contributed by atoms with Gasteiger partial charge in [-0.15, -0.1) is 0 Å². The molecule has 102 valence electrons. The normalized spacial score (nSPS) is 11.2. The van der Waals surface area contributed by atoms with Crippen LogP contribution in [0.4, 0.5) is 0 Å². The van der Waals surface area contributed by atoms with Crippen LogP contribution in [0.2, 0.25) is 0 Å². The van der Waals surface area contributed by atoms with Gasteiger partial charge >= 0.3 is 0 Å². The summed E-state index contributed by atoms with van der Waals surface area (Å²) in [7, 11) is 0. The van der Waals surface area contributed by atoms with E-state index < -0.39 is 0 Å². The summed E-state index contributed by atoms with van der Waals surface area (Å²) in [4.78, 5) is 4.60. The SMILES string of the molecule is CCc1cc(Br)c2oc(-c3ccc(Br)cc3Br)nc2c1. The highest BCUT2D eigenvalue weighted by Crippen LogP contribution is 2.34. The Labute approximate surface area is 142 Å². The third kappa shape index (κ3) is 2.59. The predicted molar refractivity (Wildman–Crippen MR) is 91.9 cm³/mol. The third-order valence-corrected chi connectivity index (χ3v) is 4.81. The Morgan fingerprint density at radius 1 is 1.05 bits per heavy atom. The van der Waals surface area contributed by atoms with Gasteiger partial charge in [-0.25, -0.2) is 4.98 Å². The molecule has 3 aromatic rings. The van der Waals surface area contributed by atoms with E-state index in [4.69, 9.17) is 4.42 Å². The molecular formula is C15H10Br3NO. The molecule has 2 aromatic carbocycles. The Morgan fingerprint density at radius 3 is 2.55 bits per heavy atom. The average Bonchev–Trinajstić information content (AvgIpc) is 2.82. The van der Waals surface area contributed by atoms with E-state index in [2.05, 4.69) is 71.8 Å². The molecule has 0 N–H and O–H groups in total. The molecule has 0 radical (unpaired) electrons. The molecule has 0 spiro atoms. The number of aryl methyl sites for hydroxylation is 1.